The lowest BCUT2D eigenvalue weighted by molar-refractivity contribution is -0.155. The van der Waals surface area contributed by atoms with E-state index in [1.165, 1.54) is 6.92 Å². The molecule has 2 atom stereocenters. The predicted molar refractivity (Wildman–Crippen MR) is 29.7 cm³/mol. The van der Waals surface area contributed by atoms with Crippen molar-refractivity contribution >= 4 is 5.97 Å². The van der Waals surface area contributed by atoms with Crippen molar-refractivity contribution in [2.45, 2.75) is 19.1 Å². The highest BCUT2D eigenvalue weighted by Gasteiger charge is 2.20. The summed E-state index contributed by atoms with van der Waals surface area (Å²) < 4.78 is 4.12. The summed E-state index contributed by atoms with van der Waals surface area (Å²) in [6.45, 7) is 1.31. The van der Waals surface area contributed by atoms with Crippen LogP contribution >= 0.6 is 0 Å². The average molecular weight is 134 g/mol. The Labute approximate surface area is 53.1 Å². The van der Waals surface area contributed by atoms with E-state index in [1.54, 1.807) is 0 Å². The number of hydrogen-bond acceptors (Lipinski definition) is 4. The molecule has 0 radical (unpaired) electrons. The highest BCUT2D eigenvalue weighted by atomic mass is 16.5. The molecule has 0 aromatic rings. The zero-order valence-electron chi connectivity index (χ0n) is 5.37. The lowest BCUT2D eigenvalue weighted by Crippen LogP contribution is -2.32. The van der Waals surface area contributed by atoms with E-state index in [0.717, 1.165) is 7.11 Å². The molecule has 0 fully saturated rings. The smallest absolute Gasteiger partial charge is 0.337 e. The molecule has 2 N–H and O–H groups in total. The number of carbonyl (C=O) groups excluding carboxylic acids is 1. The second-order valence-electron chi connectivity index (χ2n) is 1.71. The average Bonchev–Trinajstić information content (AvgIpc) is 1.84. The number of esters is 1. The fourth-order valence-corrected chi connectivity index (χ4v) is 0.318. The summed E-state index contributed by atoms with van der Waals surface area (Å²) in [4.78, 5) is 10.3. The van der Waals surface area contributed by atoms with Gasteiger partial charge in [-0.05, 0) is 6.92 Å². The van der Waals surface area contributed by atoms with Crippen molar-refractivity contribution < 1.29 is 19.7 Å². The lowest BCUT2D eigenvalue weighted by atomic mass is 10.2. The van der Waals surface area contributed by atoms with Crippen LogP contribution in [0.15, 0.2) is 0 Å². The number of ether oxygens (including phenoxy) is 1. The Hall–Kier alpha value is -0.610. The first-order valence-corrected chi connectivity index (χ1v) is 2.53. The van der Waals surface area contributed by atoms with Crippen LogP contribution in [0.1, 0.15) is 6.92 Å². The van der Waals surface area contributed by atoms with Crippen LogP contribution in [0.4, 0.5) is 0 Å². The highest BCUT2D eigenvalue weighted by molar-refractivity contribution is 5.74. The van der Waals surface area contributed by atoms with Crippen molar-refractivity contribution in [3.63, 3.8) is 0 Å². The fourth-order valence-electron chi connectivity index (χ4n) is 0.318. The fraction of sp³-hybridized carbons (Fsp3) is 0.800. The van der Waals surface area contributed by atoms with Crippen molar-refractivity contribution in [3.8, 4) is 0 Å². The molecule has 0 aliphatic heterocycles. The van der Waals surface area contributed by atoms with Crippen molar-refractivity contribution in [2.75, 3.05) is 7.11 Å². The molecule has 0 unspecified atom stereocenters. The van der Waals surface area contributed by atoms with Crippen molar-refractivity contribution in [2.24, 2.45) is 0 Å². The molecule has 9 heavy (non-hydrogen) atoms. The van der Waals surface area contributed by atoms with E-state index in [4.69, 9.17) is 10.2 Å². The van der Waals surface area contributed by atoms with Crippen LogP contribution in [0, 0.1) is 0 Å². The molecule has 0 aliphatic carbocycles. The van der Waals surface area contributed by atoms with Crippen LogP contribution < -0.4 is 0 Å². The Bertz CT molecular complexity index is 99.1. The van der Waals surface area contributed by atoms with Gasteiger partial charge < -0.3 is 14.9 Å². The number of rotatable bonds is 2. The van der Waals surface area contributed by atoms with E-state index < -0.39 is 18.2 Å². The Kier molecular flexibility index (Phi) is 3.19. The van der Waals surface area contributed by atoms with Crippen LogP contribution in [0.25, 0.3) is 0 Å². The molecule has 0 bridgehead atoms. The van der Waals surface area contributed by atoms with Gasteiger partial charge in [0.15, 0.2) is 6.10 Å². The molecule has 0 heterocycles. The predicted octanol–water partition coefficient (Wildman–Crippen LogP) is -1.10. The van der Waals surface area contributed by atoms with Gasteiger partial charge in [-0.15, -0.1) is 0 Å². The summed E-state index contributed by atoms with van der Waals surface area (Å²) in [6, 6.07) is 0. The molecule has 4 heteroatoms. The van der Waals surface area contributed by atoms with E-state index in [2.05, 4.69) is 4.74 Å². The van der Waals surface area contributed by atoms with Crippen molar-refractivity contribution in [3.05, 3.63) is 0 Å². The topological polar surface area (TPSA) is 66.8 Å². The minimum absolute atomic E-state index is 0.815. The largest absolute Gasteiger partial charge is 0.467 e. The zero-order valence-corrected chi connectivity index (χ0v) is 5.37. The SMILES string of the molecule is COC(=O)[C@H](O)[C@H](C)O. The Morgan fingerprint density at radius 3 is 2.11 bits per heavy atom. The first-order chi connectivity index (χ1) is 4.09. The third-order valence-corrected chi connectivity index (χ3v) is 0.900. The highest BCUT2D eigenvalue weighted by Crippen LogP contribution is 1.92. The van der Waals surface area contributed by atoms with Gasteiger partial charge in [-0.2, -0.15) is 0 Å². The van der Waals surface area contributed by atoms with Gasteiger partial charge >= 0.3 is 5.97 Å². The Morgan fingerprint density at radius 2 is 2.00 bits per heavy atom. The molecule has 0 saturated heterocycles. The van der Waals surface area contributed by atoms with Gasteiger partial charge in [-0.25, -0.2) is 4.79 Å². The van der Waals surface area contributed by atoms with E-state index in [0.29, 0.717) is 0 Å². The molecule has 0 rings (SSSR count). The summed E-state index contributed by atoms with van der Waals surface area (Å²) in [5, 5.41) is 17.2. The van der Waals surface area contributed by atoms with Crippen LogP contribution in [0.5, 0.6) is 0 Å². The molecule has 0 saturated carbocycles. The first kappa shape index (κ1) is 8.39. The first-order valence-electron chi connectivity index (χ1n) is 2.53. The molecule has 0 aromatic heterocycles. The molecule has 4 nitrogen and oxygen atoms in total. The van der Waals surface area contributed by atoms with E-state index in [9.17, 15) is 4.79 Å². The number of methoxy groups -OCH3 is 1. The lowest BCUT2D eigenvalue weighted by Gasteiger charge is -2.09. The monoisotopic (exact) mass is 134 g/mol. The standard InChI is InChI=1S/C5H10O4/c1-3(6)4(7)5(8)9-2/h3-4,6-7H,1-2H3/t3-,4+/m0/s1. The van der Waals surface area contributed by atoms with E-state index >= 15 is 0 Å². The third kappa shape index (κ3) is 2.43. The van der Waals surface area contributed by atoms with Crippen LogP contribution in [-0.4, -0.2) is 35.5 Å². The molecular weight excluding hydrogens is 124 g/mol. The zero-order chi connectivity index (χ0) is 7.44. The van der Waals surface area contributed by atoms with Gasteiger partial charge in [0, 0.05) is 0 Å². The number of carbonyl (C=O) groups is 1. The summed E-state index contributed by atoms with van der Waals surface area (Å²) in [5.41, 5.74) is 0. The minimum Gasteiger partial charge on any atom is -0.467 e. The molecule has 54 valence electrons. The summed E-state index contributed by atoms with van der Waals surface area (Å²) in [5.74, 6) is -0.815. The second-order valence-corrected chi connectivity index (χ2v) is 1.71. The normalized spacial score (nSPS) is 16.4. The van der Waals surface area contributed by atoms with E-state index in [1.807, 2.05) is 0 Å². The van der Waals surface area contributed by atoms with Crippen LogP contribution in [0.3, 0.4) is 0 Å². The summed E-state index contributed by atoms with van der Waals surface area (Å²) in [6.07, 6.45) is -2.49. The molecular formula is C5H10O4. The van der Waals surface area contributed by atoms with E-state index in [-0.39, 0.29) is 0 Å². The van der Waals surface area contributed by atoms with Gasteiger partial charge in [0.2, 0.25) is 0 Å². The van der Waals surface area contributed by atoms with Crippen LogP contribution in [0.2, 0.25) is 0 Å². The quantitative estimate of drug-likeness (QED) is 0.470. The van der Waals surface area contributed by atoms with Crippen molar-refractivity contribution in [1.29, 1.82) is 0 Å². The number of aliphatic hydroxyl groups is 2. The van der Waals surface area contributed by atoms with Gasteiger partial charge in [0.05, 0.1) is 13.2 Å². The molecule has 0 amide bonds. The number of hydrogen-bond donors (Lipinski definition) is 2. The van der Waals surface area contributed by atoms with Gasteiger partial charge in [0.1, 0.15) is 0 Å². The second kappa shape index (κ2) is 3.42. The van der Waals surface area contributed by atoms with Gasteiger partial charge in [-0.3, -0.25) is 0 Å². The minimum atomic E-state index is -1.42. The van der Waals surface area contributed by atoms with Crippen LogP contribution in [-0.2, 0) is 9.53 Å². The summed E-state index contributed by atoms with van der Waals surface area (Å²) in [7, 11) is 1.15. The van der Waals surface area contributed by atoms with Gasteiger partial charge in [-0.1, -0.05) is 0 Å². The molecule has 0 spiro atoms. The third-order valence-electron chi connectivity index (χ3n) is 0.900. The maximum Gasteiger partial charge on any atom is 0.337 e. The summed E-state index contributed by atoms with van der Waals surface area (Å²) >= 11 is 0. The number of aliphatic hydroxyl groups excluding tert-OH is 2. The van der Waals surface area contributed by atoms with Crippen molar-refractivity contribution in [1.82, 2.24) is 0 Å². The Balaban J connectivity index is 3.72. The molecule has 0 aromatic carbocycles. The van der Waals surface area contributed by atoms with Gasteiger partial charge in [0.25, 0.3) is 0 Å². The Morgan fingerprint density at radius 1 is 1.56 bits per heavy atom. The molecule has 0 aliphatic rings. The maximum absolute atomic E-state index is 10.3. The maximum atomic E-state index is 10.3.